The Morgan fingerprint density at radius 3 is 2.35 bits per heavy atom. The number of carbonyl (C=O) groups is 2. The van der Waals surface area contributed by atoms with Gasteiger partial charge >= 0.3 is 5.97 Å². The molecule has 0 unspecified atom stereocenters. The van der Waals surface area contributed by atoms with Crippen molar-refractivity contribution in [2.75, 3.05) is 13.1 Å². The van der Waals surface area contributed by atoms with Gasteiger partial charge in [-0.2, -0.15) is 4.31 Å². The fourth-order valence-corrected chi connectivity index (χ4v) is 4.88. The van der Waals surface area contributed by atoms with Crippen LogP contribution < -0.4 is 0 Å². The topological polar surface area (TPSA) is 80.8 Å². The Morgan fingerprint density at radius 1 is 1.08 bits per heavy atom. The minimum absolute atomic E-state index is 0.0388. The molecule has 1 saturated carbocycles. The third-order valence-corrected chi connectivity index (χ3v) is 7.13. The molecule has 1 aromatic rings. The minimum Gasteiger partial charge on any atom is -0.451 e. The number of benzene rings is 1. The van der Waals surface area contributed by atoms with Gasteiger partial charge < -0.3 is 4.74 Å². The summed E-state index contributed by atoms with van der Waals surface area (Å²) in [5.41, 5.74) is 0.259. The van der Waals surface area contributed by atoms with E-state index in [2.05, 4.69) is 6.92 Å². The maximum Gasteiger partial charge on any atom is 0.338 e. The Kier molecular flexibility index (Phi) is 5.77. The van der Waals surface area contributed by atoms with Gasteiger partial charge in [-0.15, -0.1) is 0 Å². The molecule has 1 heterocycles. The predicted octanol–water partition coefficient (Wildman–Crippen LogP) is 2.78. The zero-order chi connectivity index (χ0) is 18.7. The molecule has 6 nitrogen and oxygen atoms in total. The number of piperidine rings is 1. The number of ketones is 1. The standard InChI is InChI=1S/C19H25NO5S/c1-14-10-12-20(13-11-14)26(23,24)16-8-6-15(7-9-16)19(22)25-18-5-3-2-4-17(18)21/h6-9,14,18H,2-5,10-13H2,1H3/t18-/m1/s1. The van der Waals surface area contributed by atoms with Crippen LogP contribution in [0.15, 0.2) is 29.2 Å². The smallest absolute Gasteiger partial charge is 0.338 e. The SMILES string of the molecule is CC1CCN(S(=O)(=O)c2ccc(C(=O)O[C@@H]3CCCCC3=O)cc2)CC1. The van der Waals surface area contributed by atoms with Crippen LogP contribution in [0.5, 0.6) is 0 Å². The van der Waals surface area contributed by atoms with E-state index < -0.39 is 22.1 Å². The van der Waals surface area contributed by atoms with Gasteiger partial charge in [-0.3, -0.25) is 4.79 Å². The summed E-state index contributed by atoms with van der Waals surface area (Å²) in [6.07, 6.45) is 3.77. The van der Waals surface area contributed by atoms with E-state index in [0.29, 0.717) is 31.8 Å². The van der Waals surface area contributed by atoms with Gasteiger partial charge in [0, 0.05) is 19.5 Å². The van der Waals surface area contributed by atoms with E-state index in [9.17, 15) is 18.0 Å². The van der Waals surface area contributed by atoms with Crippen molar-refractivity contribution in [3.8, 4) is 0 Å². The van der Waals surface area contributed by atoms with Crippen LogP contribution in [0.2, 0.25) is 0 Å². The van der Waals surface area contributed by atoms with Gasteiger partial charge in [0.25, 0.3) is 0 Å². The molecule has 0 amide bonds. The first-order chi connectivity index (χ1) is 12.4. The Labute approximate surface area is 154 Å². The second-order valence-corrected chi connectivity index (χ2v) is 9.15. The Balaban J connectivity index is 1.67. The van der Waals surface area contributed by atoms with E-state index in [1.807, 2.05) is 0 Å². The summed E-state index contributed by atoms with van der Waals surface area (Å²) >= 11 is 0. The molecule has 1 aliphatic carbocycles. The lowest BCUT2D eigenvalue weighted by molar-refractivity contribution is -0.129. The molecular formula is C19H25NO5S. The molecule has 7 heteroatoms. The van der Waals surface area contributed by atoms with Gasteiger partial charge in [0.2, 0.25) is 10.0 Å². The zero-order valence-electron chi connectivity index (χ0n) is 15.0. The Hall–Kier alpha value is -1.73. The van der Waals surface area contributed by atoms with Gasteiger partial charge in [-0.25, -0.2) is 13.2 Å². The molecule has 0 aromatic heterocycles. The van der Waals surface area contributed by atoms with Crippen molar-refractivity contribution in [3.63, 3.8) is 0 Å². The van der Waals surface area contributed by atoms with Crippen molar-refractivity contribution in [2.24, 2.45) is 5.92 Å². The number of nitrogens with zero attached hydrogens (tertiary/aromatic N) is 1. The summed E-state index contributed by atoms with van der Waals surface area (Å²) in [5.74, 6) is -0.0785. The largest absolute Gasteiger partial charge is 0.451 e. The average Bonchev–Trinajstić information content (AvgIpc) is 2.64. The maximum absolute atomic E-state index is 12.7. The molecule has 3 rings (SSSR count). The highest BCUT2D eigenvalue weighted by atomic mass is 32.2. The monoisotopic (exact) mass is 379 g/mol. The van der Waals surface area contributed by atoms with Crippen molar-refractivity contribution < 1.29 is 22.7 Å². The van der Waals surface area contributed by atoms with Crippen LogP contribution in [0.25, 0.3) is 0 Å². The molecule has 2 aliphatic rings. The highest BCUT2D eigenvalue weighted by Gasteiger charge is 2.29. The quantitative estimate of drug-likeness (QED) is 0.752. The van der Waals surface area contributed by atoms with E-state index in [-0.39, 0.29) is 16.2 Å². The van der Waals surface area contributed by atoms with Crippen LogP contribution in [0.3, 0.4) is 0 Å². The second-order valence-electron chi connectivity index (χ2n) is 7.22. The molecule has 26 heavy (non-hydrogen) atoms. The number of carbonyl (C=O) groups excluding carboxylic acids is 2. The summed E-state index contributed by atoms with van der Waals surface area (Å²) in [4.78, 5) is 24.2. The van der Waals surface area contributed by atoms with Crippen LogP contribution in [-0.4, -0.2) is 43.7 Å². The number of rotatable bonds is 4. The Bertz CT molecular complexity index is 764. The summed E-state index contributed by atoms with van der Waals surface area (Å²) in [5, 5.41) is 0. The predicted molar refractivity (Wildman–Crippen MR) is 96.3 cm³/mol. The fraction of sp³-hybridized carbons (Fsp3) is 0.579. The van der Waals surface area contributed by atoms with E-state index in [1.165, 1.54) is 28.6 Å². The third kappa shape index (κ3) is 4.15. The molecule has 1 aromatic carbocycles. The molecule has 142 valence electrons. The van der Waals surface area contributed by atoms with E-state index in [4.69, 9.17) is 4.74 Å². The number of Topliss-reactive ketones (excluding diaryl/α,β-unsaturated/α-hetero) is 1. The molecule has 2 fully saturated rings. The normalized spacial score (nSPS) is 23.0. The number of ether oxygens (including phenoxy) is 1. The minimum atomic E-state index is -3.54. The molecule has 0 radical (unpaired) electrons. The van der Waals surface area contributed by atoms with Gasteiger partial charge in [0.15, 0.2) is 11.9 Å². The molecule has 0 N–H and O–H groups in total. The first-order valence-corrected chi connectivity index (χ1v) is 10.7. The van der Waals surface area contributed by atoms with E-state index >= 15 is 0 Å². The van der Waals surface area contributed by atoms with Crippen molar-refractivity contribution in [2.45, 2.75) is 56.4 Å². The number of hydrogen-bond donors (Lipinski definition) is 0. The first kappa shape index (κ1) is 19.0. The van der Waals surface area contributed by atoms with Crippen LogP contribution in [0.4, 0.5) is 0 Å². The first-order valence-electron chi connectivity index (χ1n) is 9.22. The van der Waals surface area contributed by atoms with Gasteiger partial charge in [-0.05, 0) is 62.3 Å². The lowest BCUT2D eigenvalue weighted by Gasteiger charge is -2.29. The summed E-state index contributed by atoms with van der Waals surface area (Å²) in [6, 6.07) is 5.78. The number of esters is 1. The van der Waals surface area contributed by atoms with Crippen molar-refractivity contribution >= 4 is 21.8 Å². The maximum atomic E-state index is 12.7. The van der Waals surface area contributed by atoms with Crippen LogP contribution in [-0.2, 0) is 19.6 Å². The molecule has 1 atom stereocenters. The zero-order valence-corrected chi connectivity index (χ0v) is 15.8. The summed E-state index contributed by atoms with van der Waals surface area (Å²) in [7, 11) is -3.54. The highest BCUT2D eigenvalue weighted by molar-refractivity contribution is 7.89. The lowest BCUT2D eigenvalue weighted by atomic mass is 9.96. The highest BCUT2D eigenvalue weighted by Crippen LogP contribution is 2.24. The Morgan fingerprint density at radius 2 is 1.73 bits per heavy atom. The van der Waals surface area contributed by atoms with Gasteiger partial charge in [0.1, 0.15) is 0 Å². The molecular weight excluding hydrogens is 354 g/mol. The molecule has 0 spiro atoms. The number of hydrogen-bond acceptors (Lipinski definition) is 5. The van der Waals surface area contributed by atoms with E-state index in [0.717, 1.165) is 25.7 Å². The van der Waals surface area contributed by atoms with Crippen LogP contribution >= 0.6 is 0 Å². The molecule has 0 bridgehead atoms. The average molecular weight is 379 g/mol. The van der Waals surface area contributed by atoms with Crippen LogP contribution in [0.1, 0.15) is 55.8 Å². The molecule has 1 saturated heterocycles. The number of sulfonamides is 1. The van der Waals surface area contributed by atoms with Crippen molar-refractivity contribution in [1.82, 2.24) is 4.31 Å². The van der Waals surface area contributed by atoms with Crippen molar-refractivity contribution in [3.05, 3.63) is 29.8 Å². The van der Waals surface area contributed by atoms with Gasteiger partial charge in [0.05, 0.1) is 10.5 Å². The van der Waals surface area contributed by atoms with Gasteiger partial charge in [-0.1, -0.05) is 6.92 Å². The summed E-state index contributed by atoms with van der Waals surface area (Å²) < 4.78 is 32.2. The second kappa shape index (κ2) is 7.88. The fourth-order valence-electron chi connectivity index (χ4n) is 3.41. The third-order valence-electron chi connectivity index (χ3n) is 5.22. The van der Waals surface area contributed by atoms with Crippen molar-refractivity contribution in [1.29, 1.82) is 0 Å². The molecule has 1 aliphatic heterocycles. The van der Waals surface area contributed by atoms with Crippen LogP contribution in [0, 0.1) is 5.92 Å². The lowest BCUT2D eigenvalue weighted by Crippen LogP contribution is -2.37. The van der Waals surface area contributed by atoms with E-state index in [1.54, 1.807) is 0 Å². The summed E-state index contributed by atoms with van der Waals surface area (Å²) in [6.45, 7) is 3.18.